The van der Waals surface area contributed by atoms with E-state index in [2.05, 4.69) is 26.1 Å². The number of halogens is 1. The molecule has 0 spiro atoms. The van der Waals surface area contributed by atoms with Gasteiger partial charge < -0.3 is 9.32 Å². The molecule has 8 nitrogen and oxygen atoms in total. The third kappa shape index (κ3) is 3.54. The van der Waals surface area contributed by atoms with Gasteiger partial charge in [0.2, 0.25) is 0 Å². The van der Waals surface area contributed by atoms with Gasteiger partial charge in [0.25, 0.3) is 11.5 Å². The van der Waals surface area contributed by atoms with Gasteiger partial charge in [-0.25, -0.2) is 9.36 Å². The summed E-state index contributed by atoms with van der Waals surface area (Å²) in [5, 5.41) is 8.99. The molecule has 0 unspecified atom stereocenters. The smallest absolute Gasteiger partial charge is 0.289 e. The Morgan fingerprint density at radius 3 is 2.50 bits per heavy atom. The van der Waals surface area contributed by atoms with Crippen molar-refractivity contribution in [3.8, 4) is 5.82 Å². The summed E-state index contributed by atoms with van der Waals surface area (Å²) in [5.74, 6) is 0.789. The molecule has 4 heterocycles. The van der Waals surface area contributed by atoms with Crippen molar-refractivity contribution in [3.05, 3.63) is 62.5 Å². The molecule has 0 N–H and O–H groups in total. The van der Waals surface area contributed by atoms with Crippen molar-refractivity contribution >= 4 is 21.8 Å². The highest BCUT2D eigenvalue weighted by Gasteiger charge is 2.27. The predicted octanol–water partition coefficient (Wildman–Crippen LogP) is 2.88. The second kappa shape index (κ2) is 7.38. The lowest BCUT2D eigenvalue weighted by Gasteiger charge is -2.31. The molecule has 28 heavy (non-hydrogen) atoms. The van der Waals surface area contributed by atoms with E-state index in [-0.39, 0.29) is 17.5 Å². The second-order valence-electron chi connectivity index (χ2n) is 6.94. The zero-order valence-corrected chi connectivity index (χ0v) is 17.2. The summed E-state index contributed by atoms with van der Waals surface area (Å²) >= 11 is 3.21. The van der Waals surface area contributed by atoms with Crippen molar-refractivity contribution in [2.45, 2.75) is 32.7 Å². The first-order chi connectivity index (χ1) is 13.4. The molecular formula is C19H20BrN5O3. The Kier molecular flexibility index (Phi) is 4.92. The monoisotopic (exact) mass is 445 g/mol. The van der Waals surface area contributed by atoms with Gasteiger partial charge in [0, 0.05) is 24.8 Å². The summed E-state index contributed by atoms with van der Waals surface area (Å²) in [7, 11) is 0. The first-order valence-corrected chi connectivity index (χ1v) is 9.90. The first kappa shape index (κ1) is 18.7. The van der Waals surface area contributed by atoms with Gasteiger partial charge in [-0.3, -0.25) is 9.59 Å². The van der Waals surface area contributed by atoms with Crippen LogP contribution in [0.4, 0.5) is 0 Å². The van der Waals surface area contributed by atoms with Crippen LogP contribution in [0.3, 0.4) is 0 Å². The van der Waals surface area contributed by atoms with Gasteiger partial charge in [-0.1, -0.05) is 0 Å². The van der Waals surface area contributed by atoms with E-state index in [0.717, 1.165) is 11.4 Å². The molecule has 0 aromatic carbocycles. The second-order valence-corrected chi connectivity index (χ2v) is 7.72. The molecule has 0 radical (unpaired) electrons. The quantitative estimate of drug-likeness (QED) is 0.618. The molecule has 3 aromatic heterocycles. The van der Waals surface area contributed by atoms with Gasteiger partial charge in [0.15, 0.2) is 16.2 Å². The van der Waals surface area contributed by atoms with Crippen LogP contribution in [0, 0.1) is 13.8 Å². The van der Waals surface area contributed by atoms with Crippen molar-refractivity contribution in [1.29, 1.82) is 0 Å². The van der Waals surface area contributed by atoms with E-state index in [1.54, 1.807) is 27.8 Å². The highest BCUT2D eigenvalue weighted by molar-refractivity contribution is 9.10. The number of nitrogens with zero attached hydrogens (tertiary/aromatic N) is 5. The molecular weight excluding hydrogens is 426 g/mol. The number of hydrogen-bond acceptors (Lipinski definition) is 5. The number of carbonyl (C=O) groups is 1. The van der Waals surface area contributed by atoms with Crippen molar-refractivity contribution in [2.24, 2.45) is 0 Å². The first-order valence-electron chi connectivity index (χ1n) is 9.10. The lowest BCUT2D eigenvalue weighted by molar-refractivity contribution is 0.0654. The summed E-state index contributed by atoms with van der Waals surface area (Å²) in [5.41, 5.74) is 1.71. The largest absolute Gasteiger partial charge is 0.444 e. The van der Waals surface area contributed by atoms with E-state index in [0.29, 0.717) is 42.2 Å². The number of likely N-dealkylation sites (tertiary alicyclic amines) is 1. The molecule has 1 aliphatic heterocycles. The van der Waals surface area contributed by atoms with Crippen LogP contribution in [-0.2, 0) is 0 Å². The van der Waals surface area contributed by atoms with Crippen LogP contribution in [0.15, 0.2) is 44.2 Å². The summed E-state index contributed by atoms with van der Waals surface area (Å²) in [6.45, 7) is 4.96. The van der Waals surface area contributed by atoms with Crippen LogP contribution in [0.25, 0.3) is 5.82 Å². The molecule has 0 atom stereocenters. The van der Waals surface area contributed by atoms with E-state index in [1.807, 2.05) is 19.9 Å². The Hall–Kier alpha value is -2.68. The van der Waals surface area contributed by atoms with Crippen molar-refractivity contribution in [2.75, 3.05) is 13.1 Å². The van der Waals surface area contributed by atoms with Crippen LogP contribution < -0.4 is 5.56 Å². The van der Waals surface area contributed by atoms with Crippen LogP contribution >= 0.6 is 15.9 Å². The normalized spacial score (nSPS) is 15.2. The van der Waals surface area contributed by atoms with Crippen LogP contribution in [0.5, 0.6) is 0 Å². The van der Waals surface area contributed by atoms with Crippen molar-refractivity contribution in [1.82, 2.24) is 24.5 Å². The minimum absolute atomic E-state index is 0.0585. The fourth-order valence-corrected chi connectivity index (χ4v) is 3.86. The fraction of sp³-hybridized carbons (Fsp3) is 0.368. The molecule has 146 valence electrons. The van der Waals surface area contributed by atoms with Gasteiger partial charge in [-0.05, 0) is 66.9 Å². The minimum atomic E-state index is -0.148. The number of furan rings is 1. The lowest BCUT2D eigenvalue weighted by atomic mass is 10.0. The van der Waals surface area contributed by atoms with Gasteiger partial charge in [-0.2, -0.15) is 5.10 Å². The molecule has 0 bridgehead atoms. The van der Waals surface area contributed by atoms with Crippen LogP contribution in [0.2, 0.25) is 0 Å². The fourth-order valence-electron chi connectivity index (χ4n) is 3.55. The summed E-state index contributed by atoms with van der Waals surface area (Å²) in [6, 6.07) is 8.48. The summed E-state index contributed by atoms with van der Waals surface area (Å²) in [4.78, 5) is 26.7. The Bertz CT molecular complexity index is 1080. The molecule has 9 heteroatoms. The maximum Gasteiger partial charge on any atom is 0.289 e. The number of aryl methyl sites for hydroxylation is 2. The molecule has 1 fully saturated rings. The van der Waals surface area contributed by atoms with E-state index in [4.69, 9.17) is 4.42 Å². The molecule has 1 amide bonds. The number of amides is 1. The van der Waals surface area contributed by atoms with E-state index >= 15 is 0 Å². The number of piperidine rings is 1. The van der Waals surface area contributed by atoms with E-state index in [9.17, 15) is 9.59 Å². The topological polar surface area (TPSA) is 86.2 Å². The SMILES string of the molecule is Cc1cc(C)n(-c2ccc(=O)n(C3CCN(C(=O)c4ccc(Br)o4)CC3)n2)n1. The maximum atomic E-state index is 12.5. The molecule has 1 saturated heterocycles. The predicted molar refractivity (Wildman–Crippen MR) is 106 cm³/mol. The van der Waals surface area contributed by atoms with Gasteiger partial charge in [-0.15, -0.1) is 5.10 Å². The van der Waals surface area contributed by atoms with Gasteiger partial charge >= 0.3 is 0 Å². The number of carbonyl (C=O) groups excluding carboxylic acids is 1. The number of rotatable bonds is 3. The Morgan fingerprint density at radius 1 is 1.14 bits per heavy atom. The number of aromatic nitrogens is 4. The third-order valence-electron chi connectivity index (χ3n) is 4.92. The highest BCUT2D eigenvalue weighted by Crippen LogP contribution is 2.23. The van der Waals surface area contributed by atoms with Gasteiger partial charge in [0.1, 0.15) is 0 Å². The molecule has 3 aromatic rings. The Balaban J connectivity index is 1.51. The average molecular weight is 446 g/mol. The van der Waals surface area contributed by atoms with Crippen LogP contribution in [-0.4, -0.2) is 43.5 Å². The molecule has 0 saturated carbocycles. The summed E-state index contributed by atoms with van der Waals surface area (Å²) in [6.07, 6.45) is 1.31. The minimum Gasteiger partial charge on any atom is -0.444 e. The highest BCUT2D eigenvalue weighted by atomic mass is 79.9. The van der Waals surface area contributed by atoms with E-state index in [1.165, 1.54) is 10.7 Å². The molecule has 4 rings (SSSR count). The molecule has 0 aliphatic carbocycles. The average Bonchev–Trinajstić information content (AvgIpc) is 3.26. The summed E-state index contributed by atoms with van der Waals surface area (Å²) < 4.78 is 9.14. The van der Waals surface area contributed by atoms with Gasteiger partial charge in [0.05, 0.1) is 11.7 Å². The maximum absolute atomic E-state index is 12.5. The zero-order valence-electron chi connectivity index (χ0n) is 15.6. The van der Waals surface area contributed by atoms with Crippen molar-refractivity contribution < 1.29 is 9.21 Å². The standard InChI is InChI=1S/C19H20BrN5O3/c1-12-11-13(2)24(21-12)17-5-6-18(26)25(22-17)14-7-9-23(10-8-14)19(27)15-3-4-16(20)28-15/h3-6,11,14H,7-10H2,1-2H3. The lowest BCUT2D eigenvalue weighted by Crippen LogP contribution is -2.41. The van der Waals surface area contributed by atoms with Crippen LogP contribution in [0.1, 0.15) is 40.8 Å². The van der Waals surface area contributed by atoms with Crippen molar-refractivity contribution in [3.63, 3.8) is 0 Å². The third-order valence-corrected chi connectivity index (χ3v) is 5.35. The Labute approximate surface area is 169 Å². The zero-order chi connectivity index (χ0) is 19.8. The van der Waals surface area contributed by atoms with E-state index < -0.39 is 0 Å². The number of hydrogen-bond donors (Lipinski definition) is 0. The molecule has 1 aliphatic rings. The Morgan fingerprint density at radius 2 is 1.89 bits per heavy atom.